The van der Waals surface area contributed by atoms with Crippen LogP contribution in [0.3, 0.4) is 0 Å². The average Bonchev–Trinajstić information content (AvgIpc) is 3.13. The molecule has 26 heavy (non-hydrogen) atoms. The summed E-state index contributed by atoms with van der Waals surface area (Å²) in [5, 5.41) is 3.37. The van der Waals surface area contributed by atoms with Crippen LogP contribution in [0.4, 0.5) is 0 Å². The minimum atomic E-state index is -0.224. The number of hydrogen-bond acceptors (Lipinski definition) is 5. The standard InChI is InChI=1S/C19H29N3O4/c1-4-20-18(21-13-19(23-3)7-9-24-10-8-19)22(2)12-15-5-6-16-17(11-15)26-14-25-16/h5-6,11H,4,7-10,12-14H2,1-3H3,(H,20,21). The summed E-state index contributed by atoms with van der Waals surface area (Å²) < 4.78 is 22.1. The number of methoxy groups -OCH3 is 1. The van der Waals surface area contributed by atoms with Gasteiger partial charge in [0.25, 0.3) is 0 Å². The molecule has 2 heterocycles. The van der Waals surface area contributed by atoms with Gasteiger partial charge in [-0.25, -0.2) is 0 Å². The van der Waals surface area contributed by atoms with Crippen molar-refractivity contribution in [2.24, 2.45) is 4.99 Å². The van der Waals surface area contributed by atoms with E-state index in [1.54, 1.807) is 7.11 Å². The highest BCUT2D eigenvalue weighted by molar-refractivity contribution is 5.79. The Labute approximate surface area is 155 Å². The Bertz CT molecular complexity index is 629. The Morgan fingerprint density at radius 3 is 2.77 bits per heavy atom. The zero-order chi connectivity index (χ0) is 18.4. The first-order chi connectivity index (χ1) is 12.7. The van der Waals surface area contributed by atoms with E-state index in [0.717, 1.165) is 62.2 Å². The van der Waals surface area contributed by atoms with Gasteiger partial charge in [0.05, 0.1) is 12.1 Å². The number of hydrogen-bond donors (Lipinski definition) is 1. The fourth-order valence-electron chi connectivity index (χ4n) is 3.25. The Kier molecular flexibility index (Phi) is 6.21. The van der Waals surface area contributed by atoms with Crippen molar-refractivity contribution in [1.82, 2.24) is 10.2 Å². The largest absolute Gasteiger partial charge is 0.454 e. The van der Waals surface area contributed by atoms with E-state index in [0.29, 0.717) is 13.3 Å². The van der Waals surface area contributed by atoms with Gasteiger partial charge in [-0.3, -0.25) is 4.99 Å². The van der Waals surface area contributed by atoms with Gasteiger partial charge in [-0.15, -0.1) is 0 Å². The second kappa shape index (κ2) is 8.60. The molecule has 0 spiro atoms. The molecule has 0 unspecified atom stereocenters. The van der Waals surface area contributed by atoms with Crippen LogP contribution in [0.1, 0.15) is 25.3 Å². The fourth-order valence-corrected chi connectivity index (χ4v) is 3.25. The number of nitrogens with one attached hydrogen (secondary N) is 1. The van der Waals surface area contributed by atoms with E-state index in [4.69, 9.17) is 23.9 Å². The number of rotatable bonds is 6. The van der Waals surface area contributed by atoms with Crippen LogP contribution < -0.4 is 14.8 Å². The van der Waals surface area contributed by atoms with Crippen LogP contribution in [-0.2, 0) is 16.0 Å². The molecule has 1 aromatic carbocycles. The van der Waals surface area contributed by atoms with Crippen LogP contribution in [0, 0.1) is 0 Å². The van der Waals surface area contributed by atoms with Gasteiger partial charge in [0.15, 0.2) is 17.5 Å². The van der Waals surface area contributed by atoms with Crippen molar-refractivity contribution >= 4 is 5.96 Å². The van der Waals surface area contributed by atoms with E-state index < -0.39 is 0 Å². The van der Waals surface area contributed by atoms with Gasteiger partial charge in [-0.05, 0) is 24.6 Å². The van der Waals surface area contributed by atoms with Gasteiger partial charge in [-0.1, -0.05) is 6.07 Å². The summed E-state index contributed by atoms with van der Waals surface area (Å²) in [6, 6.07) is 6.04. The summed E-state index contributed by atoms with van der Waals surface area (Å²) in [5.41, 5.74) is 0.924. The summed E-state index contributed by atoms with van der Waals surface area (Å²) in [4.78, 5) is 6.96. The maximum Gasteiger partial charge on any atom is 0.231 e. The highest BCUT2D eigenvalue weighted by Gasteiger charge is 2.32. The molecule has 0 saturated carbocycles. The van der Waals surface area contributed by atoms with Crippen LogP contribution in [0.25, 0.3) is 0 Å². The van der Waals surface area contributed by atoms with E-state index >= 15 is 0 Å². The van der Waals surface area contributed by atoms with Crippen LogP contribution in [-0.4, -0.2) is 63.7 Å². The molecule has 0 radical (unpaired) electrons. The first-order valence-electron chi connectivity index (χ1n) is 9.17. The van der Waals surface area contributed by atoms with Crippen LogP contribution >= 0.6 is 0 Å². The normalized spacial score (nSPS) is 18.7. The summed E-state index contributed by atoms with van der Waals surface area (Å²) in [6.07, 6.45) is 1.75. The van der Waals surface area contributed by atoms with Crippen molar-refractivity contribution in [3.8, 4) is 11.5 Å². The predicted molar refractivity (Wildman–Crippen MR) is 99.8 cm³/mol. The maximum atomic E-state index is 5.79. The summed E-state index contributed by atoms with van der Waals surface area (Å²) in [6.45, 7) is 5.99. The molecule has 0 bridgehead atoms. The molecular formula is C19H29N3O4. The Morgan fingerprint density at radius 1 is 1.27 bits per heavy atom. The molecule has 0 amide bonds. The van der Waals surface area contributed by atoms with E-state index in [9.17, 15) is 0 Å². The van der Waals surface area contributed by atoms with Crippen molar-refractivity contribution in [3.63, 3.8) is 0 Å². The van der Waals surface area contributed by atoms with Gasteiger partial charge >= 0.3 is 0 Å². The predicted octanol–water partition coefficient (Wildman–Crippen LogP) is 2.01. The molecule has 0 aliphatic carbocycles. The molecule has 0 atom stereocenters. The Balaban J connectivity index is 1.67. The molecular weight excluding hydrogens is 334 g/mol. The third-order valence-electron chi connectivity index (χ3n) is 4.91. The maximum absolute atomic E-state index is 5.79. The van der Waals surface area contributed by atoms with Crippen molar-refractivity contribution in [3.05, 3.63) is 23.8 Å². The number of benzene rings is 1. The third-order valence-corrected chi connectivity index (χ3v) is 4.91. The topological polar surface area (TPSA) is 64.6 Å². The molecule has 3 rings (SSSR count). The highest BCUT2D eigenvalue weighted by atomic mass is 16.7. The number of guanidine groups is 1. The Morgan fingerprint density at radius 2 is 2.04 bits per heavy atom. The number of aliphatic imine (C=N–C) groups is 1. The van der Waals surface area contributed by atoms with Gasteiger partial charge in [-0.2, -0.15) is 0 Å². The van der Waals surface area contributed by atoms with Gasteiger partial charge in [0.2, 0.25) is 6.79 Å². The average molecular weight is 363 g/mol. The first-order valence-corrected chi connectivity index (χ1v) is 9.17. The van der Waals surface area contributed by atoms with Gasteiger partial charge in [0.1, 0.15) is 0 Å². The van der Waals surface area contributed by atoms with Crippen molar-refractivity contribution < 1.29 is 18.9 Å². The van der Waals surface area contributed by atoms with Gasteiger partial charge < -0.3 is 29.2 Å². The second-order valence-corrected chi connectivity index (χ2v) is 6.71. The van der Waals surface area contributed by atoms with Crippen LogP contribution in [0.5, 0.6) is 11.5 Å². The highest BCUT2D eigenvalue weighted by Crippen LogP contribution is 2.32. The third kappa shape index (κ3) is 4.40. The van der Waals surface area contributed by atoms with E-state index in [1.807, 2.05) is 19.2 Å². The molecule has 7 nitrogen and oxygen atoms in total. The quantitative estimate of drug-likeness (QED) is 0.616. The summed E-state index contributed by atoms with van der Waals surface area (Å²) in [7, 11) is 3.81. The van der Waals surface area contributed by atoms with Crippen molar-refractivity contribution in [2.45, 2.75) is 31.9 Å². The van der Waals surface area contributed by atoms with Crippen molar-refractivity contribution in [2.75, 3.05) is 47.3 Å². The molecule has 144 valence electrons. The van der Waals surface area contributed by atoms with Crippen LogP contribution in [0.2, 0.25) is 0 Å². The molecule has 1 fully saturated rings. The van der Waals surface area contributed by atoms with Gasteiger partial charge in [0, 0.05) is 53.3 Å². The van der Waals surface area contributed by atoms with E-state index in [2.05, 4.69) is 23.2 Å². The van der Waals surface area contributed by atoms with Crippen LogP contribution in [0.15, 0.2) is 23.2 Å². The summed E-state index contributed by atoms with van der Waals surface area (Å²) in [5.74, 6) is 2.48. The number of fused-ring (bicyclic) bond motifs is 1. The monoisotopic (exact) mass is 363 g/mol. The lowest BCUT2D eigenvalue weighted by atomic mass is 9.94. The molecule has 1 saturated heterocycles. The smallest absolute Gasteiger partial charge is 0.231 e. The number of nitrogens with zero attached hydrogens (tertiary/aromatic N) is 2. The Hall–Kier alpha value is -1.99. The second-order valence-electron chi connectivity index (χ2n) is 6.71. The zero-order valence-corrected chi connectivity index (χ0v) is 15.9. The van der Waals surface area contributed by atoms with Crippen molar-refractivity contribution in [1.29, 1.82) is 0 Å². The minimum absolute atomic E-state index is 0.224. The molecule has 0 aromatic heterocycles. The fraction of sp³-hybridized carbons (Fsp3) is 0.632. The first kappa shape index (κ1) is 18.8. The van der Waals surface area contributed by atoms with E-state index in [1.165, 1.54) is 0 Å². The number of ether oxygens (including phenoxy) is 4. The molecule has 1 N–H and O–H groups in total. The molecule has 2 aliphatic rings. The summed E-state index contributed by atoms with van der Waals surface area (Å²) >= 11 is 0. The molecule has 7 heteroatoms. The van der Waals surface area contributed by atoms with E-state index in [-0.39, 0.29) is 5.60 Å². The lowest BCUT2D eigenvalue weighted by Gasteiger charge is -2.35. The minimum Gasteiger partial charge on any atom is -0.454 e. The SMILES string of the molecule is CCNC(=NCC1(OC)CCOCC1)N(C)Cc1ccc2c(c1)OCO2. The lowest BCUT2D eigenvalue weighted by molar-refractivity contribution is -0.0829. The molecule has 1 aromatic rings. The lowest BCUT2D eigenvalue weighted by Crippen LogP contribution is -2.44. The molecule has 2 aliphatic heterocycles. The zero-order valence-electron chi connectivity index (χ0n) is 15.9.